The van der Waals surface area contributed by atoms with Crippen LogP contribution in [0.3, 0.4) is 0 Å². The molecule has 0 bridgehead atoms. The fourth-order valence-corrected chi connectivity index (χ4v) is 3.12. The SMILES string of the molecule is CC(C)c1ccc(C2CCCC(C)(C(=O)O)C2)cc1. The Kier molecular flexibility index (Phi) is 3.98. The second kappa shape index (κ2) is 5.36. The zero-order valence-corrected chi connectivity index (χ0v) is 12.1. The molecule has 0 aromatic heterocycles. The number of aliphatic carboxylic acids is 1. The van der Waals surface area contributed by atoms with E-state index in [4.69, 9.17) is 0 Å². The van der Waals surface area contributed by atoms with Crippen molar-refractivity contribution < 1.29 is 9.90 Å². The summed E-state index contributed by atoms with van der Waals surface area (Å²) in [5.74, 6) is 0.303. The molecule has 0 aliphatic heterocycles. The minimum Gasteiger partial charge on any atom is -0.481 e. The van der Waals surface area contributed by atoms with Crippen molar-refractivity contribution in [1.29, 1.82) is 0 Å². The Morgan fingerprint density at radius 1 is 1.32 bits per heavy atom. The molecule has 2 atom stereocenters. The maximum absolute atomic E-state index is 11.4. The Bertz CT molecular complexity index is 447. The van der Waals surface area contributed by atoms with Gasteiger partial charge in [0.2, 0.25) is 0 Å². The molecule has 0 radical (unpaired) electrons. The highest BCUT2D eigenvalue weighted by Crippen LogP contribution is 2.44. The minimum absolute atomic E-state index is 0.399. The molecule has 1 fully saturated rings. The smallest absolute Gasteiger partial charge is 0.309 e. The van der Waals surface area contributed by atoms with Gasteiger partial charge in [0.05, 0.1) is 5.41 Å². The van der Waals surface area contributed by atoms with Crippen LogP contribution in [0, 0.1) is 5.41 Å². The third-order valence-electron chi connectivity index (χ3n) is 4.57. The average molecular weight is 260 g/mol. The van der Waals surface area contributed by atoms with Gasteiger partial charge in [-0.3, -0.25) is 4.79 Å². The van der Waals surface area contributed by atoms with Crippen LogP contribution in [0.2, 0.25) is 0 Å². The summed E-state index contributed by atoms with van der Waals surface area (Å²) in [7, 11) is 0. The molecule has 2 heteroatoms. The van der Waals surface area contributed by atoms with Crippen LogP contribution in [-0.4, -0.2) is 11.1 Å². The standard InChI is InChI=1S/C17H24O2/c1-12(2)13-6-8-14(9-7-13)15-5-4-10-17(3,11-15)16(18)19/h6-9,12,15H,4-5,10-11H2,1-3H3,(H,18,19). The summed E-state index contributed by atoms with van der Waals surface area (Å²) in [6.07, 6.45) is 3.70. The molecule has 1 aliphatic rings. The first-order valence-electron chi connectivity index (χ1n) is 7.25. The first kappa shape index (κ1) is 14.1. The number of carboxylic acid groups (broad SMARTS) is 1. The molecular weight excluding hydrogens is 236 g/mol. The van der Waals surface area contributed by atoms with Gasteiger partial charge in [0, 0.05) is 0 Å². The van der Waals surface area contributed by atoms with Crippen molar-refractivity contribution in [3.05, 3.63) is 35.4 Å². The van der Waals surface area contributed by atoms with Gasteiger partial charge in [0.1, 0.15) is 0 Å². The van der Waals surface area contributed by atoms with Crippen LogP contribution in [0.15, 0.2) is 24.3 Å². The maximum atomic E-state index is 11.4. The molecule has 1 aliphatic carbocycles. The minimum atomic E-state index is -0.643. The van der Waals surface area contributed by atoms with Crippen molar-refractivity contribution in [2.75, 3.05) is 0 Å². The zero-order chi connectivity index (χ0) is 14.0. The maximum Gasteiger partial charge on any atom is 0.309 e. The topological polar surface area (TPSA) is 37.3 Å². The van der Waals surface area contributed by atoms with E-state index < -0.39 is 11.4 Å². The molecule has 2 nitrogen and oxygen atoms in total. The number of hydrogen-bond donors (Lipinski definition) is 1. The summed E-state index contributed by atoms with van der Waals surface area (Å²) < 4.78 is 0. The van der Waals surface area contributed by atoms with Crippen LogP contribution >= 0.6 is 0 Å². The van der Waals surface area contributed by atoms with Gasteiger partial charge in [-0.05, 0) is 49.1 Å². The number of carboxylic acids is 1. The summed E-state index contributed by atoms with van der Waals surface area (Å²) in [4.78, 5) is 11.4. The van der Waals surface area contributed by atoms with Crippen LogP contribution < -0.4 is 0 Å². The van der Waals surface area contributed by atoms with Gasteiger partial charge in [0.15, 0.2) is 0 Å². The summed E-state index contributed by atoms with van der Waals surface area (Å²) in [6.45, 7) is 6.28. The number of carbonyl (C=O) groups is 1. The molecule has 1 N–H and O–H groups in total. The molecule has 0 spiro atoms. The lowest BCUT2D eigenvalue weighted by Gasteiger charge is -2.35. The lowest BCUT2D eigenvalue weighted by atomic mass is 9.69. The van der Waals surface area contributed by atoms with E-state index in [-0.39, 0.29) is 0 Å². The Hall–Kier alpha value is -1.31. The Balaban J connectivity index is 2.15. The molecule has 0 heterocycles. The van der Waals surface area contributed by atoms with Crippen molar-refractivity contribution in [1.82, 2.24) is 0 Å². The van der Waals surface area contributed by atoms with Gasteiger partial charge >= 0.3 is 5.97 Å². The Labute approximate surface area is 115 Å². The highest BCUT2D eigenvalue weighted by molar-refractivity contribution is 5.74. The van der Waals surface area contributed by atoms with Gasteiger partial charge < -0.3 is 5.11 Å². The molecule has 0 saturated heterocycles. The van der Waals surface area contributed by atoms with Crippen LogP contribution in [0.4, 0.5) is 0 Å². The quantitative estimate of drug-likeness (QED) is 0.865. The molecule has 1 aromatic carbocycles. The third kappa shape index (κ3) is 2.99. The van der Waals surface area contributed by atoms with Gasteiger partial charge in [0.25, 0.3) is 0 Å². The van der Waals surface area contributed by atoms with Crippen molar-refractivity contribution >= 4 is 5.97 Å². The predicted octanol–water partition coefficient (Wildman–Crippen LogP) is 4.56. The van der Waals surface area contributed by atoms with E-state index in [1.165, 1.54) is 11.1 Å². The van der Waals surface area contributed by atoms with Crippen LogP contribution in [0.25, 0.3) is 0 Å². The number of benzene rings is 1. The van der Waals surface area contributed by atoms with E-state index in [0.717, 1.165) is 25.7 Å². The molecule has 19 heavy (non-hydrogen) atoms. The second-order valence-corrected chi connectivity index (χ2v) is 6.48. The second-order valence-electron chi connectivity index (χ2n) is 6.48. The van der Waals surface area contributed by atoms with Gasteiger partial charge in [-0.25, -0.2) is 0 Å². The fourth-order valence-electron chi connectivity index (χ4n) is 3.12. The van der Waals surface area contributed by atoms with E-state index in [9.17, 15) is 9.90 Å². The van der Waals surface area contributed by atoms with Crippen molar-refractivity contribution in [2.24, 2.45) is 5.41 Å². The van der Waals surface area contributed by atoms with E-state index >= 15 is 0 Å². The van der Waals surface area contributed by atoms with Crippen molar-refractivity contribution in [3.8, 4) is 0 Å². The molecule has 0 amide bonds. The molecule has 104 valence electrons. The van der Waals surface area contributed by atoms with Gasteiger partial charge in [-0.1, -0.05) is 44.5 Å². The van der Waals surface area contributed by atoms with Gasteiger partial charge in [-0.2, -0.15) is 0 Å². The van der Waals surface area contributed by atoms with E-state index in [1.54, 1.807) is 0 Å². The van der Waals surface area contributed by atoms with Crippen molar-refractivity contribution in [2.45, 2.75) is 58.3 Å². The number of rotatable bonds is 3. The molecule has 2 unspecified atom stereocenters. The molecular formula is C17H24O2. The average Bonchev–Trinajstić information content (AvgIpc) is 2.39. The Morgan fingerprint density at radius 2 is 1.95 bits per heavy atom. The van der Waals surface area contributed by atoms with Gasteiger partial charge in [-0.15, -0.1) is 0 Å². The lowest BCUT2D eigenvalue weighted by Crippen LogP contribution is -2.32. The normalized spacial score (nSPS) is 27.5. The van der Waals surface area contributed by atoms with Crippen LogP contribution in [0.5, 0.6) is 0 Å². The summed E-state index contributed by atoms with van der Waals surface area (Å²) >= 11 is 0. The first-order valence-corrected chi connectivity index (χ1v) is 7.25. The van der Waals surface area contributed by atoms with Crippen LogP contribution in [-0.2, 0) is 4.79 Å². The molecule has 1 aromatic rings. The summed E-state index contributed by atoms with van der Waals surface area (Å²) in [5, 5.41) is 9.38. The fraction of sp³-hybridized carbons (Fsp3) is 0.588. The highest BCUT2D eigenvalue weighted by atomic mass is 16.4. The van der Waals surface area contributed by atoms with E-state index in [2.05, 4.69) is 38.1 Å². The zero-order valence-electron chi connectivity index (χ0n) is 12.1. The van der Waals surface area contributed by atoms with Crippen LogP contribution in [0.1, 0.15) is 69.4 Å². The predicted molar refractivity (Wildman–Crippen MR) is 77.5 cm³/mol. The monoisotopic (exact) mass is 260 g/mol. The summed E-state index contributed by atoms with van der Waals surface area (Å²) in [6, 6.07) is 8.75. The first-order chi connectivity index (χ1) is 8.92. The molecule has 2 rings (SSSR count). The number of hydrogen-bond acceptors (Lipinski definition) is 1. The third-order valence-corrected chi connectivity index (χ3v) is 4.57. The van der Waals surface area contributed by atoms with E-state index in [1.807, 2.05) is 6.92 Å². The molecule has 1 saturated carbocycles. The summed E-state index contributed by atoms with van der Waals surface area (Å²) in [5.41, 5.74) is 2.11. The Morgan fingerprint density at radius 3 is 2.47 bits per heavy atom. The van der Waals surface area contributed by atoms with E-state index in [0.29, 0.717) is 11.8 Å². The van der Waals surface area contributed by atoms with Crippen molar-refractivity contribution in [3.63, 3.8) is 0 Å². The largest absolute Gasteiger partial charge is 0.481 e. The highest BCUT2D eigenvalue weighted by Gasteiger charge is 2.38. The lowest BCUT2D eigenvalue weighted by molar-refractivity contribution is -0.150.